The maximum atomic E-state index is 12.4. The molecule has 110 valence electrons. The number of hydrogen-bond donors (Lipinski definition) is 2. The molecule has 0 heterocycles. The quantitative estimate of drug-likeness (QED) is 0.819. The number of aryl methyl sites for hydroxylation is 2. The third kappa shape index (κ3) is 2.44. The van der Waals surface area contributed by atoms with Gasteiger partial charge in [0.1, 0.15) is 4.90 Å². The lowest BCUT2D eigenvalue weighted by Crippen LogP contribution is -2.31. The molecule has 2 saturated carbocycles. The monoisotopic (exact) mass is 294 g/mol. The molecule has 20 heavy (non-hydrogen) atoms. The Hall–Kier alpha value is -1.07. The molecule has 0 amide bonds. The van der Waals surface area contributed by atoms with Crippen molar-refractivity contribution in [2.45, 2.75) is 44.4 Å². The minimum absolute atomic E-state index is 0.215. The van der Waals surface area contributed by atoms with Crippen molar-refractivity contribution < 1.29 is 8.42 Å². The van der Waals surface area contributed by atoms with E-state index in [1.807, 2.05) is 13.8 Å². The van der Waals surface area contributed by atoms with E-state index in [9.17, 15) is 8.42 Å². The zero-order valence-corrected chi connectivity index (χ0v) is 12.9. The van der Waals surface area contributed by atoms with Crippen LogP contribution in [-0.4, -0.2) is 15.0 Å². The molecule has 0 aliphatic heterocycles. The number of anilines is 1. The molecule has 1 aromatic rings. The van der Waals surface area contributed by atoms with Gasteiger partial charge >= 0.3 is 0 Å². The molecule has 4 nitrogen and oxygen atoms in total. The molecule has 0 unspecified atom stereocenters. The SMILES string of the molecule is Cc1cc(N)c(S(=O)(=O)NCC2(C3CC3)CC2)cc1C. The van der Waals surface area contributed by atoms with E-state index in [0.29, 0.717) is 12.2 Å². The Balaban J connectivity index is 1.79. The van der Waals surface area contributed by atoms with Crippen LogP contribution in [0.4, 0.5) is 5.69 Å². The first-order valence-electron chi connectivity index (χ1n) is 7.20. The van der Waals surface area contributed by atoms with Crippen LogP contribution in [0.5, 0.6) is 0 Å². The summed E-state index contributed by atoms with van der Waals surface area (Å²) in [5.41, 5.74) is 8.43. The Morgan fingerprint density at radius 3 is 2.40 bits per heavy atom. The predicted molar refractivity (Wildman–Crippen MR) is 79.9 cm³/mol. The van der Waals surface area contributed by atoms with Gasteiger partial charge in [0.15, 0.2) is 0 Å². The highest BCUT2D eigenvalue weighted by Gasteiger charge is 2.53. The van der Waals surface area contributed by atoms with Crippen molar-refractivity contribution in [3.8, 4) is 0 Å². The molecule has 0 atom stereocenters. The summed E-state index contributed by atoms with van der Waals surface area (Å²) >= 11 is 0. The average Bonchev–Trinajstić information content (AvgIpc) is 3.24. The average molecular weight is 294 g/mol. The van der Waals surface area contributed by atoms with Gasteiger partial charge in [0.25, 0.3) is 0 Å². The summed E-state index contributed by atoms with van der Waals surface area (Å²) < 4.78 is 27.7. The molecule has 0 saturated heterocycles. The van der Waals surface area contributed by atoms with Crippen molar-refractivity contribution in [3.63, 3.8) is 0 Å². The number of sulfonamides is 1. The number of nitrogens with one attached hydrogen (secondary N) is 1. The van der Waals surface area contributed by atoms with Crippen molar-refractivity contribution in [2.75, 3.05) is 12.3 Å². The van der Waals surface area contributed by atoms with Crippen molar-refractivity contribution in [1.82, 2.24) is 4.72 Å². The zero-order valence-electron chi connectivity index (χ0n) is 12.1. The van der Waals surface area contributed by atoms with Gasteiger partial charge < -0.3 is 5.73 Å². The lowest BCUT2D eigenvalue weighted by atomic mass is 10.0. The Bertz CT molecular complexity index is 644. The van der Waals surface area contributed by atoms with Gasteiger partial charge in [0, 0.05) is 6.54 Å². The van der Waals surface area contributed by atoms with Gasteiger partial charge in [-0.2, -0.15) is 0 Å². The maximum absolute atomic E-state index is 12.4. The molecule has 0 spiro atoms. The molecule has 1 aromatic carbocycles. The van der Waals surface area contributed by atoms with E-state index in [4.69, 9.17) is 5.73 Å². The maximum Gasteiger partial charge on any atom is 0.242 e. The molecule has 5 heteroatoms. The summed E-state index contributed by atoms with van der Waals surface area (Å²) in [6.45, 7) is 4.40. The summed E-state index contributed by atoms with van der Waals surface area (Å²) in [6.07, 6.45) is 4.83. The van der Waals surface area contributed by atoms with E-state index in [2.05, 4.69) is 4.72 Å². The Kier molecular flexibility index (Phi) is 3.10. The minimum Gasteiger partial charge on any atom is -0.398 e. The van der Waals surface area contributed by atoms with E-state index in [1.54, 1.807) is 12.1 Å². The van der Waals surface area contributed by atoms with Crippen LogP contribution >= 0.6 is 0 Å². The second kappa shape index (κ2) is 4.46. The highest BCUT2D eigenvalue weighted by Crippen LogP contribution is 2.60. The van der Waals surface area contributed by atoms with Crippen LogP contribution in [0.3, 0.4) is 0 Å². The molecule has 3 N–H and O–H groups in total. The fourth-order valence-electron chi connectivity index (χ4n) is 2.95. The predicted octanol–water partition coefficient (Wildman–Crippen LogP) is 2.35. The van der Waals surface area contributed by atoms with Crippen LogP contribution in [-0.2, 0) is 10.0 Å². The fraction of sp³-hybridized carbons (Fsp3) is 0.600. The van der Waals surface area contributed by atoms with E-state index in [1.165, 1.54) is 12.8 Å². The normalized spacial score (nSPS) is 20.9. The van der Waals surface area contributed by atoms with Gasteiger partial charge in [-0.25, -0.2) is 13.1 Å². The molecule has 0 radical (unpaired) electrons. The van der Waals surface area contributed by atoms with Gasteiger partial charge in [-0.1, -0.05) is 0 Å². The lowest BCUT2D eigenvalue weighted by Gasteiger charge is -2.16. The number of nitrogen functional groups attached to an aromatic ring is 1. The van der Waals surface area contributed by atoms with E-state index >= 15 is 0 Å². The molecule has 0 bridgehead atoms. The molecule has 2 aliphatic carbocycles. The van der Waals surface area contributed by atoms with Crippen LogP contribution in [0.15, 0.2) is 17.0 Å². The van der Waals surface area contributed by atoms with Crippen LogP contribution in [0.25, 0.3) is 0 Å². The van der Waals surface area contributed by atoms with E-state index in [0.717, 1.165) is 29.9 Å². The Labute approximate surface area is 120 Å². The second-order valence-corrected chi connectivity index (χ2v) is 8.17. The standard InChI is InChI=1S/C15H22N2O2S/c1-10-7-13(16)14(8-11(10)2)20(18,19)17-9-15(5-6-15)12-3-4-12/h7-8,12,17H,3-6,9,16H2,1-2H3. The smallest absolute Gasteiger partial charge is 0.242 e. The van der Waals surface area contributed by atoms with Crippen LogP contribution < -0.4 is 10.5 Å². The molecular weight excluding hydrogens is 272 g/mol. The third-order valence-electron chi connectivity index (χ3n) is 4.87. The highest BCUT2D eigenvalue weighted by molar-refractivity contribution is 7.89. The first-order chi connectivity index (χ1) is 9.34. The fourth-order valence-corrected chi connectivity index (χ4v) is 4.28. The molecule has 2 aliphatic rings. The van der Waals surface area contributed by atoms with E-state index in [-0.39, 0.29) is 10.3 Å². The Morgan fingerprint density at radius 2 is 1.85 bits per heavy atom. The lowest BCUT2D eigenvalue weighted by molar-refractivity contribution is 0.432. The van der Waals surface area contributed by atoms with Crippen molar-refractivity contribution in [2.24, 2.45) is 11.3 Å². The van der Waals surface area contributed by atoms with Crippen molar-refractivity contribution in [3.05, 3.63) is 23.3 Å². The third-order valence-corrected chi connectivity index (χ3v) is 6.32. The Morgan fingerprint density at radius 1 is 1.25 bits per heavy atom. The van der Waals surface area contributed by atoms with Gasteiger partial charge in [-0.15, -0.1) is 0 Å². The van der Waals surface area contributed by atoms with Gasteiger partial charge in [-0.05, 0) is 74.1 Å². The van der Waals surface area contributed by atoms with Crippen LogP contribution in [0, 0.1) is 25.2 Å². The molecule has 2 fully saturated rings. The molecule has 0 aromatic heterocycles. The van der Waals surface area contributed by atoms with Crippen LogP contribution in [0.1, 0.15) is 36.8 Å². The van der Waals surface area contributed by atoms with Gasteiger partial charge in [0.2, 0.25) is 10.0 Å². The minimum atomic E-state index is -3.50. The number of benzene rings is 1. The first kappa shape index (κ1) is 13.9. The number of rotatable bonds is 5. The first-order valence-corrected chi connectivity index (χ1v) is 8.69. The van der Waals surface area contributed by atoms with Crippen LogP contribution in [0.2, 0.25) is 0 Å². The molecular formula is C15H22N2O2S. The summed E-state index contributed by atoms with van der Waals surface area (Å²) in [5.74, 6) is 0.738. The summed E-state index contributed by atoms with van der Waals surface area (Å²) in [7, 11) is -3.50. The molecule has 3 rings (SSSR count). The van der Waals surface area contributed by atoms with Crippen molar-refractivity contribution >= 4 is 15.7 Å². The summed E-state index contributed by atoms with van der Waals surface area (Å²) in [4.78, 5) is 0.215. The summed E-state index contributed by atoms with van der Waals surface area (Å²) in [6, 6.07) is 3.40. The van der Waals surface area contributed by atoms with E-state index < -0.39 is 10.0 Å². The topological polar surface area (TPSA) is 72.2 Å². The number of nitrogens with two attached hydrogens (primary N) is 1. The highest BCUT2D eigenvalue weighted by atomic mass is 32.2. The zero-order chi connectivity index (χ0) is 14.5. The second-order valence-electron chi connectivity index (χ2n) is 6.44. The van der Waals surface area contributed by atoms with Crippen molar-refractivity contribution in [1.29, 1.82) is 0 Å². The van der Waals surface area contributed by atoms with Gasteiger partial charge in [0.05, 0.1) is 5.69 Å². The number of hydrogen-bond acceptors (Lipinski definition) is 3. The summed E-state index contributed by atoms with van der Waals surface area (Å²) in [5, 5.41) is 0. The largest absolute Gasteiger partial charge is 0.398 e. The van der Waals surface area contributed by atoms with Gasteiger partial charge in [-0.3, -0.25) is 0 Å².